The third-order valence-electron chi connectivity index (χ3n) is 6.25. The van der Waals surface area contributed by atoms with E-state index in [4.69, 9.17) is 15.2 Å². The summed E-state index contributed by atoms with van der Waals surface area (Å²) in [5.74, 6) is 1.01. The first-order valence-electron chi connectivity index (χ1n) is 9.80. The van der Waals surface area contributed by atoms with Gasteiger partial charge in [-0.25, -0.2) is 4.79 Å². The minimum atomic E-state index is -0.325. The van der Waals surface area contributed by atoms with E-state index in [2.05, 4.69) is 17.4 Å². The van der Waals surface area contributed by atoms with E-state index >= 15 is 0 Å². The Labute approximate surface area is 159 Å². The average molecular weight is 373 g/mol. The van der Waals surface area contributed by atoms with Gasteiger partial charge in [0.05, 0.1) is 5.92 Å². The maximum absolute atomic E-state index is 12.6. The van der Waals surface area contributed by atoms with Crippen molar-refractivity contribution in [1.29, 1.82) is 0 Å². The molecule has 0 radical (unpaired) electrons. The number of nitrogens with one attached hydrogen (secondary N) is 1. The largest absolute Gasteiger partial charge is 0.454 e. The normalized spacial score (nSPS) is 23.3. The second-order valence-electron chi connectivity index (χ2n) is 7.90. The fraction of sp³-hybridized carbons (Fsp3) is 0.600. The molecule has 146 valence electrons. The maximum atomic E-state index is 12.6. The summed E-state index contributed by atoms with van der Waals surface area (Å²) < 4.78 is 11.0. The lowest BCUT2D eigenvalue weighted by Gasteiger charge is -2.38. The number of hydrogen-bond donors (Lipinski definition) is 2. The molecule has 1 aromatic rings. The molecule has 1 aliphatic carbocycles. The zero-order valence-electron chi connectivity index (χ0n) is 15.5. The fourth-order valence-corrected chi connectivity index (χ4v) is 4.56. The van der Waals surface area contributed by atoms with Gasteiger partial charge in [-0.05, 0) is 37.0 Å². The van der Waals surface area contributed by atoms with Crippen LogP contribution < -0.4 is 20.5 Å². The Balaban J connectivity index is 1.46. The van der Waals surface area contributed by atoms with Gasteiger partial charge < -0.3 is 25.4 Å². The molecule has 0 aromatic heterocycles. The third-order valence-corrected chi connectivity index (χ3v) is 6.25. The Morgan fingerprint density at radius 1 is 1.19 bits per heavy atom. The molecule has 1 atom stereocenters. The topological polar surface area (TPSA) is 93.9 Å². The Hall–Kier alpha value is -2.44. The zero-order chi connectivity index (χ0) is 18.9. The molecule has 1 saturated heterocycles. The highest BCUT2D eigenvalue weighted by Gasteiger charge is 2.37. The maximum Gasteiger partial charge on any atom is 0.317 e. The number of carbonyl (C=O) groups excluding carboxylic acids is 2. The van der Waals surface area contributed by atoms with E-state index in [0.29, 0.717) is 26.1 Å². The van der Waals surface area contributed by atoms with Gasteiger partial charge in [0, 0.05) is 25.0 Å². The number of nitrogens with two attached hydrogens (primary N) is 1. The molecule has 2 aliphatic heterocycles. The number of benzene rings is 1. The van der Waals surface area contributed by atoms with Crippen LogP contribution in [0.25, 0.3) is 0 Å². The summed E-state index contributed by atoms with van der Waals surface area (Å²) in [6.45, 7) is 1.84. The van der Waals surface area contributed by atoms with Crippen LogP contribution in [-0.4, -0.2) is 43.3 Å². The minimum absolute atomic E-state index is 0.0856. The van der Waals surface area contributed by atoms with Gasteiger partial charge in [-0.1, -0.05) is 25.3 Å². The van der Waals surface area contributed by atoms with Crippen molar-refractivity contribution in [1.82, 2.24) is 10.2 Å². The van der Waals surface area contributed by atoms with Gasteiger partial charge in [-0.15, -0.1) is 0 Å². The lowest BCUT2D eigenvalue weighted by molar-refractivity contribution is -0.121. The van der Waals surface area contributed by atoms with Gasteiger partial charge in [-0.3, -0.25) is 4.79 Å². The van der Waals surface area contributed by atoms with Gasteiger partial charge in [0.1, 0.15) is 0 Å². The number of fused-ring (bicyclic) bond motifs is 1. The SMILES string of the molecule is NC(=O)[C@H]1CCN(C(=O)NCC2(c3ccc4c(c3)OCO4)CCCCC2)C1. The number of urea groups is 1. The predicted molar refractivity (Wildman–Crippen MR) is 99.6 cm³/mol. The Kier molecular flexibility index (Phi) is 4.85. The number of hydrogen-bond acceptors (Lipinski definition) is 4. The highest BCUT2D eigenvalue weighted by molar-refractivity contribution is 5.80. The summed E-state index contributed by atoms with van der Waals surface area (Å²) in [5, 5.41) is 3.12. The van der Waals surface area contributed by atoms with Crippen LogP contribution >= 0.6 is 0 Å². The molecule has 1 aromatic carbocycles. The highest BCUT2D eigenvalue weighted by Crippen LogP contribution is 2.43. The molecule has 2 heterocycles. The van der Waals surface area contributed by atoms with E-state index in [0.717, 1.165) is 37.2 Å². The minimum Gasteiger partial charge on any atom is -0.454 e. The fourth-order valence-electron chi connectivity index (χ4n) is 4.56. The smallest absolute Gasteiger partial charge is 0.317 e. The molecule has 3 amide bonds. The van der Waals surface area contributed by atoms with Crippen molar-refractivity contribution in [2.24, 2.45) is 11.7 Å². The van der Waals surface area contributed by atoms with E-state index in [1.165, 1.54) is 12.0 Å². The molecular formula is C20H27N3O4. The molecular weight excluding hydrogens is 346 g/mol. The van der Waals surface area contributed by atoms with E-state index in [9.17, 15) is 9.59 Å². The van der Waals surface area contributed by atoms with Crippen LogP contribution in [-0.2, 0) is 10.2 Å². The number of carbonyl (C=O) groups is 2. The van der Waals surface area contributed by atoms with E-state index in [-0.39, 0.29) is 30.1 Å². The highest BCUT2D eigenvalue weighted by atomic mass is 16.7. The van der Waals surface area contributed by atoms with Crippen LogP contribution in [0.5, 0.6) is 11.5 Å². The Bertz CT molecular complexity index is 730. The molecule has 0 bridgehead atoms. The summed E-state index contributed by atoms with van der Waals surface area (Å²) in [5.41, 5.74) is 6.49. The number of likely N-dealkylation sites (tertiary alicyclic amines) is 1. The van der Waals surface area contributed by atoms with Crippen LogP contribution in [0.1, 0.15) is 44.1 Å². The standard InChI is InChI=1S/C20H27N3O4/c21-18(24)14-6-9-23(11-14)19(25)22-12-20(7-2-1-3-8-20)15-4-5-16-17(10-15)27-13-26-16/h4-5,10,14H,1-3,6-9,11-13H2,(H2,21,24)(H,22,25)/t14-/m0/s1. The molecule has 3 aliphatic rings. The van der Waals surface area contributed by atoms with Gasteiger partial charge >= 0.3 is 6.03 Å². The molecule has 7 nitrogen and oxygen atoms in total. The molecule has 1 saturated carbocycles. The monoisotopic (exact) mass is 373 g/mol. The lowest BCUT2D eigenvalue weighted by Crippen LogP contribution is -2.47. The quantitative estimate of drug-likeness (QED) is 0.845. The Morgan fingerprint density at radius 3 is 2.70 bits per heavy atom. The van der Waals surface area contributed by atoms with Gasteiger partial charge in [0.25, 0.3) is 0 Å². The Morgan fingerprint density at radius 2 is 1.96 bits per heavy atom. The van der Waals surface area contributed by atoms with Crippen LogP contribution in [0, 0.1) is 5.92 Å². The molecule has 4 rings (SSSR count). The number of primary amides is 1. The van der Waals surface area contributed by atoms with Gasteiger partial charge in [0.2, 0.25) is 12.7 Å². The summed E-state index contributed by atoms with van der Waals surface area (Å²) in [6.07, 6.45) is 6.26. The van der Waals surface area contributed by atoms with Crippen molar-refractivity contribution < 1.29 is 19.1 Å². The second kappa shape index (κ2) is 7.29. The zero-order valence-corrected chi connectivity index (χ0v) is 15.5. The molecule has 0 spiro atoms. The summed E-state index contributed by atoms with van der Waals surface area (Å²) in [6, 6.07) is 6.03. The number of rotatable bonds is 4. The summed E-state index contributed by atoms with van der Waals surface area (Å²) in [4.78, 5) is 25.7. The van der Waals surface area contributed by atoms with Crippen molar-refractivity contribution >= 4 is 11.9 Å². The van der Waals surface area contributed by atoms with Crippen molar-refractivity contribution in [2.45, 2.75) is 43.9 Å². The first-order valence-corrected chi connectivity index (χ1v) is 9.80. The second-order valence-corrected chi connectivity index (χ2v) is 7.90. The van der Waals surface area contributed by atoms with Crippen LogP contribution in [0.2, 0.25) is 0 Å². The van der Waals surface area contributed by atoms with Crippen molar-refractivity contribution in [2.75, 3.05) is 26.4 Å². The van der Waals surface area contributed by atoms with E-state index < -0.39 is 0 Å². The molecule has 2 fully saturated rings. The van der Waals surface area contributed by atoms with Crippen molar-refractivity contribution in [3.63, 3.8) is 0 Å². The molecule has 3 N–H and O–H groups in total. The number of amides is 3. The average Bonchev–Trinajstić information content (AvgIpc) is 3.35. The number of nitrogens with zero attached hydrogens (tertiary/aromatic N) is 1. The van der Waals surface area contributed by atoms with E-state index in [1.54, 1.807) is 4.90 Å². The summed E-state index contributed by atoms with van der Waals surface area (Å²) in [7, 11) is 0. The van der Waals surface area contributed by atoms with Crippen LogP contribution in [0.4, 0.5) is 4.79 Å². The van der Waals surface area contributed by atoms with E-state index in [1.807, 2.05) is 6.07 Å². The van der Waals surface area contributed by atoms with Crippen molar-refractivity contribution in [3.05, 3.63) is 23.8 Å². The first-order chi connectivity index (χ1) is 13.1. The molecule has 27 heavy (non-hydrogen) atoms. The van der Waals surface area contributed by atoms with Gasteiger partial charge in [-0.2, -0.15) is 0 Å². The third kappa shape index (κ3) is 3.55. The molecule has 0 unspecified atom stereocenters. The van der Waals surface area contributed by atoms with Crippen LogP contribution in [0.3, 0.4) is 0 Å². The predicted octanol–water partition coefficient (Wildman–Crippen LogP) is 2.13. The number of ether oxygens (including phenoxy) is 2. The lowest BCUT2D eigenvalue weighted by atomic mass is 9.69. The molecule has 7 heteroatoms. The van der Waals surface area contributed by atoms with Crippen molar-refractivity contribution in [3.8, 4) is 11.5 Å². The van der Waals surface area contributed by atoms with Crippen LogP contribution in [0.15, 0.2) is 18.2 Å². The first kappa shape index (κ1) is 17.9. The van der Waals surface area contributed by atoms with Gasteiger partial charge in [0.15, 0.2) is 11.5 Å². The summed E-state index contributed by atoms with van der Waals surface area (Å²) >= 11 is 0.